The highest BCUT2D eigenvalue weighted by molar-refractivity contribution is 6.55. The van der Waals surface area contributed by atoms with Crippen LogP contribution in [0.3, 0.4) is 0 Å². The van der Waals surface area contributed by atoms with Crippen LogP contribution in [0.25, 0.3) is 0 Å². The summed E-state index contributed by atoms with van der Waals surface area (Å²) in [6.45, 7) is 7.65. The number of hydrogen-bond donors (Lipinski definition) is 0. The molecule has 3 aromatic carbocycles. The van der Waals surface area contributed by atoms with E-state index in [1.54, 1.807) is 0 Å². The van der Waals surface area contributed by atoms with Gasteiger partial charge in [0.2, 0.25) is 0 Å². The highest BCUT2D eigenvalue weighted by atomic mass is 16.6. The lowest BCUT2D eigenvalue weighted by atomic mass is 9.65. The Morgan fingerprint density at radius 1 is 0.879 bits per heavy atom. The number of carbonyl (C=O) groups excluding carboxylic acids is 1. The van der Waals surface area contributed by atoms with E-state index < -0.39 is 0 Å². The number of rotatable bonds is 2. The molecule has 33 heavy (non-hydrogen) atoms. The van der Waals surface area contributed by atoms with Crippen molar-refractivity contribution < 1.29 is 14.3 Å². The number of carbonyl (C=O) groups is 1. The summed E-state index contributed by atoms with van der Waals surface area (Å²) in [6.07, 6.45) is 0.823. The number of fused-ring (bicyclic) bond motifs is 1. The number of nitrogens with zero attached hydrogens (tertiary/aromatic N) is 2. The van der Waals surface area contributed by atoms with Crippen LogP contribution in [0.2, 0.25) is 0 Å². The van der Waals surface area contributed by atoms with Crippen molar-refractivity contribution in [2.75, 3.05) is 18.1 Å². The largest absolute Gasteiger partial charge is 0.486 e. The van der Waals surface area contributed by atoms with Gasteiger partial charge in [0, 0.05) is 22.6 Å². The molecule has 6 rings (SSSR count). The summed E-state index contributed by atoms with van der Waals surface area (Å²) in [5.41, 5.74) is 4.90. The molecule has 3 aromatic rings. The maximum atomic E-state index is 13.8. The molecule has 0 radical (unpaired) electrons. The van der Waals surface area contributed by atoms with E-state index in [0.29, 0.717) is 36.1 Å². The van der Waals surface area contributed by atoms with Crippen LogP contribution in [0, 0.1) is 0 Å². The average Bonchev–Trinajstić information content (AvgIpc) is 3.11. The standard InChI is InChI=1S/C28H26N2O3/c1-27(2)17-28(3,18-8-5-4-6-9-18)21-11-7-10-20-24(26(31)30(27)25(20)21)29-19-12-13-22-23(16-19)33-15-14-32-22/h4-13,16H,14-15,17H2,1-3H3/t28-/m1/s1. The topological polar surface area (TPSA) is 51.1 Å². The Morgan fingerprint density at radius 2 is 1.64 bits per heavy atom. The Bertz CT molecular complexity index is 1310. The number of ether oxygens (including phenoxy) is 2. The second-order valence-corrected chi connectivity index (χ2v) is 9.82. The first-order chi connectivity index (χ1) is 15.9. The van der Waals surface area contributed by atoms with Gasteiger partial charge < -0.3 is 14.4 Å². The molecule has 0 saturated heterocycles. The Morgan fingerprint density at radius 3 is 2.42 bits per heavy atom. The van der Waals surface area contributed by atoms with Crippen LogP contribution in [-0.2, 0) is 10.2 Å². The van der Waals surface area contributed by atoms with E-state index in [4.69, 9.17) is 14.5 Å². The number of aliphatic imine (C=N–C) groups is 1. The molecule has 3 aliphatic heterocycles. The molecule has 5 nitrogen and oxygen atoms in total. The SMILES string of the molecule is CC1(C)C[C@](C)(c2ccccc2)c2cccc3c2N1C(=O)C3=Nc1ccc2c(c1)OCCO2. The number of amides is 1. The highest BCUT2D eigenvalue weighted by Gasteiger charge is 2.53. The van der Waals surface area contributed by atoms with Crippen molar-refractivity contribution in [2.45, 2.75) is 38.1 Å². The van der Waals surface area contributed by atoms with Crippen molar-refractivity contribution in [1.82, 2.24) is 0 Å². The van der Waals surface area contributed by atoms with E-state index >= 15 is 0 Å². The fourth-order valence-corrected chi connectivity index (χ4v) is 5.76. The van der Waals surface area contributed by atoms with Crippen molar-refractivity contribution in [3.63, 3.8) is 0 Å². The van der Waals surface area contributed by atoms with Gasteiger partial charge in [-0.15, -0.1) is 0 Å². The van der Waals surface area contributed by atoms with Gasteiger partial charge in [0.1, 0.15) is 18.9 Å². The lowest BCUT2D eigenvalue weighted by molar-refractivity contribution is -0.113. The van der Waals surface area contributed by atoms with Gasteiger partial charge in [-0.1, -0.05) is 55.5 Å². The third-order valence-corrected chi connectivity index (χ3v) is 7.08. The molecule has 5 heteroatoms. The van der Waals surface area contributed by atoms with E-state index in [1.165, 1.54) is 11.1 Å². The smallest absolute Gasteiger partial charge is 0.278 e. The number of para-hydroxylation sites is 1. The predicted molar refractivity (Wildman–Crippen MR) is 129 cm³/mol. The molecule has 0 aliphatic carbocycles. The second kappa shape index (κ2) is 6.95. The van der Waals surface area contributed by atoms with E-state index in [2.05, 4.69) is 51.1 Å². The molecule has 0 saturated carbocycles. The summed E-state index contributed by atoms with van der Waals surface area (Å²) >= 11 is 0. The van der Waals surface area contributed by atoms with Crippen molar-refractivity contribution in [1.29, 1.82) is 0 Å². The summed E-state index contributed by atoms with van der Waals surface area (Å²) in [4.78, 5) is 20.6. The lowest BCUT2D eigenvalue weighted by Crippen LogP contribution is -2.54. The summed E-state index contributed by atoms with van der Waals surface area (Å²) in [7, 11) is 0. The zero-order valence-electron chi connectivity index (χ0n) is 19.1. The fourth-order valence-electron chi connectivity index (χ4n) is 5.76. The molecule has 166 valence electrons. The molecular weight excluding hydrogens is 412 g/mol. The van der Waals surface area contributed by atoms with Crippen molar-refractivity contribution >= 4 is 23.0 Å². The minimum atomic E-state index is -0.366. The van der Waals surface area contributed by atoms with E-state index in [0.717, 1.165) is 17.7 Å². The van der Waals surface area contributed by atoms with Gasteiger partial charge >= 0.3 is 0 Å². The van der Waals surface area contributed by atoms with Crippen molar-refractivity contribution in [3.05, 3.63) is 83.4 Å². The quantitative estimate of drug-likeness (QED) is 0.537. The van der Waals surface area contributed by atoms with Crippen LogP contribution in [-0.4, -0.2) is 30.4 Å². The van der Waals surface area contributed by atoms with Crippen LogP contribution >= 0.6 is 0 Å². The van der Waals surface area contributed by atoms with Gasteiger partial charge in [-0.05, 0) is 43.5 Å². The van der Waals surface area contributed by atoms with E-state index in [9.17, 15) is 4.79 Å². The summed E-state index contributed by atoms with van der Waals surface area (Å²) in [5.74, 6) is 1.33. The molecule has 0 aromatic heterocycles. The van der Waals surface area contributed by atoms with Gasteiger partial charge in [-0.3, -0.25) is 4.79 Å². The van der Waals surface area contributed by atoms with Gasteiger partial charge in [0.25, 0.3) is 5.91 Å². The van der Waals surface area contributed by atoms with Crippen molar-refractivity contribution in [2.24, 2.45) is 4.99 Å². The number of hydrogen-bond acceptors (Lipinski definition) is 4. The summed E-state index contributed by atoms with van der Waals surface area (Å²) < 4.78 is 11.3. The molecule has 3 aliphatic rings. The Kier molecular flexibility index (Phi) is 4.22. The van der Waals surface area contributed by atoms with Crippen LogP contribution in [0.4, 0.5) is 11.4 Å². The molecule has 0 fully saturated rings. The molecule has 1 amide bonds. The van der Waals surface area contributed by atoms with Gasteiger partial charge in [0.15, 0.2) is 11.5 Å². The molecule has 0 bridgehead atoms. The van der Waals surface area contributed by atoms with Crippen LogP contribution in [0.5, 0.6) is 11.5 Å². The molecular formula is C28H26N2O3. The minimum Gasteiger partial charge on any atom is -0.486 e. The normalized spacial score (nSPS) is 23.5. The maximum Gasteiger partial charge on any atom is 0.278 e. The van der Waals surface area contributed by atoms with Crippen LogP contribution < -0.4 is 14.4 Å². The first-order valence-electron chi connectivity index (χ1n) is 11.4. The molecule has 0 N–H and O–H groups in total. The summed E-state index contributed by atoms with van der Waals surface area (Å²) in [5, 5.41) is 0. The Balaban J connectivity index is 1.53. The molecule has 3 heterocycles. The highest BCUT2D eigenvalue weighted by Crippen LogP contribution is 2.54. The van der Waals surface area contributed by atoms with Crippen LogP contribution in [0.1, 0.15) is 43.9 Å². The minimum absolute atomic E-state index is 0.0487. The van der Waals surface area contributed by atoms with E-state index in [-0.39, 0.29) is 16.9 Å². The third kappa shape index (κ3) is 2.92. The van der Waals surface area contributed by atoms with Crippen LogP contribution in [0.15, 0.2) is 71.7 Å². The molecule has 0 spiro atoms. The first kappa shape index (κ1) is 20.0. The molecule has 1 atom stereocenters. The van der Waals surface area contributed by atoms with Gasteiger partial charge in [0.05, 0.1) is 11.4 Å². The zero-order valence-corrected chi connectivity index (χ0v) is 19.1. The monoisotopic (exact) mass is 438 g/mol. The van der Waals surface area contributed by atoms with E-state index in [1.807, 2.05) is 41.3 Å². The average molecular weight is 439 g/mol. The Labute approximate surface area is 193 Å². The second-order valence-electron chi connectivity index (χ2n) is 9.82. The van der Waals surface area contributed by atoms with Gasteiger partial charge in [-0.2, -0.15) is 0 Å². The number of benzene rings is 3. The Hall–Kier alpha value is -3.60. The lowest BCUT2D eigenvalue weighted by Gasteiger charge is -2.49. The van der Waals surface area contributed by atoms with Gasteiger partial charge in [-0.25, -0.2) is 4.99 Å². The first-order valence-corrected chi connectivity index (χ1v) is 11.4. The predicted octanol–water partition coefficient (Wildman–Crippen LogP) is 5.41. The fraction of sp³-hybridized carbons (Fsp3) is 0.286. The summed E-state index contributed by atoms with van der Waals surface area (Å²) in [6, 6.07) is 22.4. The molecule has 0 unspecified atom stereocenters. The third-order valence-electron chi connectivity index (χ3n) is 7.08. The zero-order chi connectivity index (χ0) is 22.8. The van der Waals surface area contributed by atoms with Crippen molar-refractivity contribution in [3.8, 4) is 11.5 Å². The number of anilines is 1. The maximum absolute atomic E-state index is 13.8.